The highest BCUT2D eigenvalue weighted by Gasteiger charge is 2.23. The summed E-state index contributed by atoms with van der Waals surface area (Å²) < 4.78 is 10.2. The molecule has 1 aliphatic rings. The van der Waals surface area contributed by atoms with Crippen LogP contribution in [0.1, 0.15) is 17.1 Å². The normalized spacial score (nSPS) is 20.9. The van der Waals surface area contributed by atoms with Gasteiger partial charge in [0.1, 0.15) is 0 Å². The summed E-state index contributed by atoms with van der Waals surface area (Å²) in [4.78, 5) is 17.9. The maximum atomic E-state index is 11.2. The first kappa shape index (κ1) is 13.5. The molecule has 0 radical (unpaired) electrons. The number of thiazole rings is 1. The van der Waals surface area contributed by atoms with Crippen molar-refractivity contribution in [2.24, 2.45) is 0 Å². The van der Waals surface area contributed by atoms with E-state index in [1.165, 1.54) is 7.11 Å². The average molecular weight is 270 g/mol. The Bertz CT molecular complexity index is 408. The van der Waals surface area contributed by atoms with Crippen LogP contribution in [0.3, 0.4) is 0 Å². The summed E-state index contributed by atoms with van der Waals surface area (Å²) in [6.07, 6.45) is 0.259. The minimum absolute atomic E-state index is 0.0640. The molecule has 5 nitrogen and oxygen atoms in total. The van der Waals surface area contributed by atoms with Gasteiger partial charge in [0.05, 0.1) is 36.9 Å². The molecule has 0 saturated carbocycles. The highest BCUT2D eigenvalue weighted by atomic mass is 32.1. The molecular weight excluding hydrogens is 252 g/mol. The minimum Gasteiger partial charge on any atom is -0.469 e. The first-order valence-corrected chi connectivity index (χ1v) is 6.87. The number of ether oxygens (including phenoxy) is 2. The van der Waals surface area contributed by atoms with Crippen molar-refractivity contribution in [3.05, 3.63) is 16.1 Å². The van der Waals surface area contributed by atoms with E-state index in [9.17, 15) is 4.79 Å². The molecule has 1 saturated heterocycles. The molecule has 1 aromatic heterocycles. The number of morpholine rings is 1. The second-order valence-corrected chi connectivity index (χ2v) is 5.43. The third kappa shape index (κ3) is 3.76. The molecule has 1 aliphatic heterocycles. The van der Waals surface area contributed by atoms with Crippen molar-refractivity contribution in [1.82, 2.24) is 9.88 Å². The summed E-state index contributed by atoms with van der Waals surface area (Å²) in [7, 11) is 1.40. The lowest BCUT2D eigenvalue weighted by Crippen LogP contribution is -2.42. The number of carbonyl (C=O) groups excluding carboxylic acids is 1. The van der Waals surface area contributed by atoms with Gasteiger partial charge in [-0.2, -0.15) is 0 Å². The lowest BCUT2D eigenvalue weighted by molar-refractivity contribution is -0.145. The van der Waals surface area contributed by atoms with E-state index in [-0.39, 0.29) is 12.1 Å². The Morgan fingerprint density at radius 1 is 1.72 bits per heavy atom. The van der Waals surface area contributed by atoms with Crippen molar-refractivity contribution in [2.45, 2.75) is 26.0 Å². The fourth-order valence-corrected chi connectivity index (χ4v) is 2.63. The van der Waals surface area contributed by atoms with E-state index in [1.54, 1.807) is 11.3 Å². The molecule has 0 spiro atoms. The Morgan fingerprint density at radius 3 is 3.22 bits per heavy atom. The van der Waals surface area contributed by atoms with Gasteiger partial charge in [-0.1, -0.05) is 0 Å². The largest absolute Gasteiger partial charge is 0.469 e. The molecule has 0 amide bonds. The van der Waals surface area contributed by atoms with Gasteiger partial charge >= 0.3 is 5.97 Å². The zero-order chi connectivity index (χ0) is 13.0. The summed E-state index contributed by atoms with van der Waals surface area (Å²) in [5.74, 6) is -0.216. The minimum atomic E-state index is -0.216. The Hall–Kier alpha value is -0.980. The van der Waals surface area contributed by atoms with Crippen molar-refractivity contribution < 1.29 is 14.3 Å². The molecule has 6 heteroatoms. The second-order valence-electron chi connectivity index (χ2n) is 4.37. The van der Waals surface area contributed by atoms with Crippen molar-refractivity contribution in [3.8, 4) is 0 Å². The number of esters is 1. The SMILES string of the molecule is COC(=O)CC1CN(Cc2csc(C)n2)CCO1. The predicted octanol–water partition coefficient (Wildman–Crippen LogP) is 1.22. The molecule has 0 bridgehead atoms. The zero-order valence-corrected chi connectivity index (χ0v) is 11.5. The highest BCUT2D eigenvalue weighted by molar-refractivity contribution is 7.09. The smallest absolute Gasteiger partial charge is 0.308 e. The van der Waals surface area contributed by atoms with Crippen molar-refractivity contribution in [1.29, 1.82) is 0 Å². The van der Waals surface area contributed by atoms with Gasteiger partial charge in [-0.25, -0.2) is 4.98 Å². The molecule has 1 atom stereocenters. The lowest BCUT2D eigenvalue weighted by atomic mass is 10.2. The van der Waals surface area contributed by atoms with Crippen molar-refractivity contribution in [3.63, 3.8) is 0 Å². The Morgan fingerprint density at radius 2 is 2.56 bits per heavy atom. The molecule has 18 heavy (non-hydrogen) atoms. The molecule has 1 fully saturated rings. The number of aryl methyl sites for hydroxylation is 1. The van der Waals surface area contributed by atoms with Crippen molar-refractivity contribution in [2.75, 3.05) is 26.8 Å². The van der Waals surface area contributed by atoms with E-state index in [1.807, 2.05) is 6.92 Å². The first-order chi connectivity index (χ1) is 8.67. The third-order valence-electron chi connectivity index (χ3n) is 2.90. The number of hydrogen-bond donors (Lipinski definition) is 0. The molecular formula is C12H18N2O3S. The third-order valence-corrected chi connectivity index (χ3v) is 3.72. The fourth-order valence-electron chi connectivity index (χ4n) is 2.03. The second kappa shape index (κ2) is 6.26. The van der Waals surface area contributed by atoms with Crippen LogP contribution in [0.5, 0.6) is 0 Å². The van der Waals surface area contributed by atoms with Crippen LogP contribution in [-0.2, 0) is 20.8 Å². The van der Waals surface area contributed by atoms with Crippen LogP contribution < -0.4 is 0 Å². The van der Waals surface area contributed by atoms with E-state index in [4.69, 9.17) is 4.74 Å². The van der Waals surface area contributed by atoms with Gasteiger partial charge in [0, 0.05) is 25.0 Å². The Kier molecular flexibility index (Phi) is 4.68. The van der Waals surface area contributed by atoms with Gasteiger partial charge in [-0.05, 0) is 6.92 Å². The summed E-state index contributed by atoms with van der Waals surface area (Å²) in [5.41, 5.74) is 1.09. The van der Waals surface area contributed by atoms with E-state index < -0.39 is 0 Å². The van der Waals surface area contributed by atoms with Crippen LogP contribution in [0.25, 0.3) is 0 Å². The first-order valence-electron chi connectivity index (χ1n) is 5.99. The van der Waals surface area contributed by atoms with Crippen LogP contribution in [0, 0.1) is 6.92 Å². The van der Waals surface area contributed by atoms with Crippen LogP contribution in [0.15, 0.2) is 5.38 Å². The fraction of sp³-hybridized carbons (Fsp3) is 0.667. The number of carbonyl (C=O) groups is 1. The van der Waals surface area contributed by atoms with Gasteiger partial charge in [0.2, 0.25) is 0 Å². The van der Waals surface area contributed by atoms with E-state index in [0.29, 0.717) is 13.0 Å². The number of nitrogens with zero attached hydrogens (tertiary/aromatic N) is 2. The summed E-state index contributed by atoms with van der Waals surface area (Å²) in [6, 6.07) is 0. The molecule has 1 unspecified atom stereocenters. The van der Waals surface area contributed by atoms with Crippen LogP contribution in [0.4, 0.5) is 0 Å². The van der Waals surface area contributed by atoms with E-state index in [0.717, 1.165) is 30.3 Å². The van der Waals surface area contributed by atoms with Crippen LogP contribution in [0.2, 0.25) is 0 Å². The maximum absolute atomic E-state index is 11.2. The number of aromatic nitrogens is 1. The molecule has 2 rings (SSSR count). The van der Waals surface area contributed by atoms with Gasteiger partial charge in [0.25, 0.3) is 0 Å². The Balaban J connectivity index is 1.84. The highest BCUT2D eigenvalue weighted by Crippen LogP contribution is 2.14. The average Bonchev–Trinajstić information content (AvgIpc) is 2.75. The van der Waals surface area contributed by atoms with Crippen LogP contribution in [-0.4, -0.2) is 48.8 Å². The lowest BCUT2D eigenvalue weighted by Gasteiger charge is -2.31. The topological polar surface area (TPSA) is 51.7 Å². The summed E-state index contributed by atoms with van der Waals surface area (Å²) in [6.45, 7) is 5.13. The molecule has 0 N–H and O–H groups in total. The number of methoxy groups -OCH3 is 1. The van der Waals surface area contributed by atoms with Gasteiger partial charge < -0.3 is 9.47 Å². The number of rotatable bonds is 4. The molecule has 0 aromatic carbocycles. The predicted molar refractivity (Wildman–Crippen MR) is 68.5 cm³/mol. The Labute approximate surface area is 111 Å². The van der Waals surface area contributed by atoms with Crippen molar-refractivity contribution >= 4 is 17.3 Å². The monoisotopic (exact) mass is 270 g/mol. The van der Waals surface area contributed by atoms with Gasteiger partial charge in [-0.15, -0.1) is 11.3 Å². The standard InChI is InChI=1S/C12H18N2O3S/c1-9-13-10(8-18-9)6-14-3-4-17-11(7-14)5-12(15)16-2/h8,11H,3-7H2,1-2H3. The van der Waals surface area contributed by atoms with Gasteiger partial charge in [0.15, 0.2) is 0 Å². The van der Waals surface area contributed by atoms with E-state index in [2.05, 4.69) is 20.0 Å². The molecule has 100 valence electrons. The molecule has 0 aliphatic carbocycles. The maximum Gasteiger partial charge on any atom is 0.308 e. The van der Waals surface area contributed by atoms with Crippen LogP contribution >= 0.6 is 11.3 Å². The van der Waals surface area contributed by atoms with Gasteiger partial charge in [-0.3, -0.25) is 9.69 Å². The molecule has 2 heterocycles. The summed E-state index contributed by atoms with van der Waals surface area (Å²) >= 11 is 1.66. The summed E-state index contributed by atoms with van der Waals surface area (Å²) in [5, 5.41) is 3.17. The zero-order valence-electron chi connectivity index (χ0n) is 10.7. The number of hydrogen-bond acceptors (Lipinski definition) is 6. The van der Waals surface area contributed by atoms with E-state index >= 15 is 0 Å². The molecule has 1 aromatic rings. The quantitative estimate of drug-likeness (QED) is 0.770.